The van der Waals surface area contributed by atoms with Crippen molar-refractivity contribution in [3.63, 3.8) is 0 Å². The average Bonchev–Trinajstić information content (AvgIpc) is 3.27. The predicted octanol–water partition coefficient (Wildman–Crippen LogP) is -0.852. The van der Waals surface area contributed by atoms with Gasteiger partial charge in [0.1, 0.15) is 66.2 Å². The summed E-state index contributed by atoms with van der Waals surface area (Å²) in [4.78, 5) is 76.4. The molecular formula is C41H42N2O22. The minimum absolute atomic E-state index is 0.00951. The lowest BCUT2D eigenvalue weighted by Crippen LogP contribution is -2.61. The molecule has 0 aromatic heterocycles. The number of carboxylic acid groups (broad SMARTS) is 1. The number of amides is 1. The van der Waals surface area contributed by atoms with Crippen molar-refractivity contribution in [1.82, 2.24) is 5.32 Å². The number of phenols is 2. The molecule has 1 amide bonds. The number of fused-ring (bicyclic) bond motifs is 3. The van der Waals surface area contributed by atoms with Gasteiger partial charge >= 0.3 is 12.1 Å². The molecule has 0 saturated carbocycles. The number of nitro benzene ring substituents is 1. The molecule has 3 aromatic carbocycles. The van der Waals surface area contributed by atoms with Crippen LogP contribution in [0.15, 0.2) is 36.4 Å². The fourth-order valence-corrected chi connectivity index (χ4v) is 8.38. The number of benzene rings is 3. The molecular weight excluding hydrogens is 872 g/mol. The Labute approximate surface area is 365 Å². The van der Waals surface area contributed by atoms with E-state index in [4.69, 9.17) is 28.4 Å². The van der Waals surface area contributed by atoms with Crippen LogP contribution in [0.4, 0.5) is 10.5 Å². The molecule has 0 radical (unpaired) electrons. The first kappa shape index (κ1) is 46.6. The number of phenolic OH excluding ortho intramolecular Hbond substituents is 2. The van der Waals surface area contributed by atoms with Gasteiger partial charge in [-0.1, -0.05) is 12.1 Å². The number of nitrogens with one attached hydrogen (secondary N) is 1. The van der Waals surface area contributed by atoms with Crippen molar-refractivity contribution in [1.29, 1.82) is 0 Å². The summed E-state index contributed by atoms with van der Waals surface area (Å²) in [6, 6.07) is 5.76. The van der Waals surface area contributed by atoms with Crippen LogP contribution in [-0.2, 0) is 41.6 Å². The molecule has 0 unspecified atom stereocenters. The molecule has 24 nitrogen and oxygen atoms in total. The quantitative estimate of drug-likeness (QED) is 0.0470. The third-order valence-corrected chi connectivity index (χ3v) is 11.7. The first-order chi connectivity index (χ1) is 30.7. The van der Waals surface area contributed by atoms with Gasteiger partial charge in [0.15, 0.2) is 24.0 Å². The number of carbonyl (C=O) groups excluding carboxylic acids is 4. The van der Waals surface area contributed by atoms with Gasteiger partial charge in [-0.25, -0.2) is 9.59 Å². The SMILES string of the molecule is COc1cccc2c1C(=O)c1c(O)c3c(c(O)c1C2=O)C[C@@](O)(C(=O)CO)C[C@@H]3O[C@H]1C[C@H](NC(=O)OCc2cc([N+](=O)[O-])ccc2O[C@@H]2O[C@H](C(=O)O)[C@@H](O)[C@H](O)[C@H]2O)[C@H](O)[C@H](C)O1. The van der Waals surface area contributed by atoms with Gasteiger partial charge in [-0.05, 0) is 19.1 Å². The van der Waals surface area contributed by atoms with Crippen molar-refractivity contribution in [3.05, 3.63) is 85.5 Å². The molecule has 2 heterocycles. The van der Waals surface area contributed by atoms with E-state index in [1.165, 1.54) is 32.2 Å². The summed E-state index contributed by atoms with van der Waals surface area (Å²) in [5.41, 5.74) is -5.49. The molecule has 0 bridgehead atoms. The van der Waals surface area contributed by atoms with E-state index in [2.05, 4.69) is 5.32 Å². The largest absolute Gasteiger partial charge is 0.507 e. The predicted molar refractivity (Wildman–Crippen MR) is 209 cm³/mol. The van der Waals surface area contributed by atoms with Gasteiger partial charge in [0.2, 0.25) is 12.1 Å². The molecule has 10 N–H and O–H groups in total. The molecule has 0 spiro atoms. The minimum atomic E-state index is -2.47. The second kappa shape index (κ2) is 17.9. The van der Waals surface area contributed by atoms with E-state index in [-0.39, 0.29) is 39.3 Å². The molecule has 348 valence electrons. The number of aliphatic carboxylic acids is 1. The van der Waals surface area contributed by atoms with Crippen LogP contribution in [-0.4, -0.2) is 155 Å². The van der Waals surface area contributed by atoms with E-state index in [9.17, 15) is 80.0 Å². The van der Waals surface area contributed by atoms with Gasteiger partial charge in [-0.2, -0.15) is 0 Å². The number of ether oxygens (including phenoxy) is 6. The lowest BCUT2D eigenvalue weighted by atomic mass is 9.72. The molecule has 11 atom stereocenters. The van der Waals surface area contributed by atoms with E-state index in [0.29, 0.717) is 0 Å². The highest BCUT2D eigenvalue weighted by molar-refractivity contribution is 6.31. The molecule has 3 aromatic rings. The molecule has 2 fully saturated rings. The van der Waals surface area contributed by atoms with E-state index >= 15 is 0 Å². The molecule has 4 aliphatic rings. The van der Waals surface area contributed by atoms with Gasteiger partial charge < -0.3 is 79.7 Å². The van der Waals surface area contributed by atoms with Gasteiger partial charge in [-0.3, -0.25) is 24.5 Å². The van der Waals surface area contributed by atoms with Crippen molar-refractivity contribution < 1.29 is 103 Å². The number of hydrogen-bond donors (Lipinski definition) is 10. The molecule has 7 rings (SSSR count). The van der Waals surface area contributed by atoms with Crippen LogP contribution in [0, 0.1) is 10.1 Å². The standard InChI is InChI=1S/C41H42N2O22/c1-14-29(46)19(42-40(56)61-13-15-8-16(43(58)59)6-7-20(15)64-39-36(53)34(51)35(52)37(65-39)38(54)55)9-24(62-14)63-22-11-41(57,23(45)12-44)10-18-26(22)33(50)28-27(31(18)48)30(47)17-4-3-5-21(60-2)25(17)32(28)49/h3-8,14,19,22,24,29,34-37,39,44,46,48,50-53,57H,9-13H2,1-2H3,(H,42,56)(H,54,55)/t14-,19-,22-,24-,29+,34-,35-,36+,37-,39+,41-/m0/s1. The summed E-state index contributed by atoms with van der Waals surface area (Å²) in [5.74, 6) is -6.66. The van der Waals surface area contributed by atoms with Crippen molar-refractivity contribution in [3.8, 4) is 23.0 Å². The second-order valence-electron chi connectivity index (χ2n) is 15.7. The monoisotopic (exact) mass is 914 g/mol. The van der Waals surface area contributed by atoms with Gasteiger partial charge in [0, 0.05) is 53.6 Å². The Kier molecular flexibility index (Phi) is 12.8. The Morgan fingerprint density at radius 3 is 2.31 bits per heavy atom. The van der Waals surface area contributed by atoms with Crippen molar-refractivity contribution >= 4 is 35.1 Å². The molecule has 65 heavy (non-hydrogen) atoms. The number of hydrogen-bond acceptors (Lipinski definition) is 21. The zero-order valence-corrected chi connectivity index (χ0v) is 34.1. The Morgan fingerprint density at radius 2 is 1.65 bits per heavy atom. The summed E-state index contributed by atoms with van der Waals surface area (Å²) >= 11 is 0. The number of nitro groups is 1. The summed E-state index contributed by atoms with van der Waals surface area (Å²) in [6.45, 7) is -0.583. The zero-order valence-electron chi connectivity index (χ0n) is 34.1. The maximum atomic E-state index is 14.0. The number of rotatable bonds is 12. The lowest BCUT2D eigenvalue weighted by Gasteiger charge is -2.42. The highest BCUT2D eigenvalue weighted by Crippen LogP contribution is 2.52. The Balaban J connectivity index is 1.13. The maximum Gasteiger partial charge on any atom is 0.407 e. The van der Waals surface area contributed by atoms with Gasteiger partial charge in [0.25, 0.3) is 5.69 Å². The van der Waals surface area contributed by atoms with Crippen LogP contribution in [0.3, 0.4) is 0 Å². The van der Waals surface area contributed by atoms with Crippen molar-refractivity contribution in [2.45, 2.75) is 99.7 Å². The Bertz CT molecular complexity index is 2460. The number of aromatic hydroxyl groups is 2. The summed E-state index contributed by atoms with van der Waals surface area (Å²) in [6.07, 6.45) is -18.9. The highest BCUT2D eigenvalue weighted by Gasteiger charge is 2.51. The van der Waals surface area contributed by atoms with E-state index < -0.39 is 162 Å². The first-order valence-corrected chi connectivity index (χ1v) is 19.7. The van der Waals surface area contributed by atoms with E-state index in [1.54, 1.807) is 0 Å². The van der Waals surface area contributed by atoms with Crippen LogP contribution in [0.25, 0.3) is 0 Å². The van der Waals surface area contributed by atoms with E-state index in [1.807, 2.05) is 0 Å². The number of alkyl carbamates (subject to hydrolysis) is 1. The molecule has 24 heteroatoms. The number of carbonyl (C=O) groups is 5. The Morgan fingerprint density at radius 1 is 0.938 bits per heavy atom. The number of Topliss-reactive ketones (excluding diaryl/α,β-unsaturated/α-hetero) is 1. The third kappa shape index (κ3) is 8.42. The number of carboxylic acids is 1. The number of aliphatic hydroxyl groups is 6. The minimum Gasteiger partial charge on any atom is -0.507 e. The van der Waals surface area contributed by atoms with Crippen LogP contribution in [0.2, 0.25) is 0 Å². The van der Waals surface area contributed by atoms with E-state index in [0.717, 1.165) is 18.2 Å². The summed E-state index contributed by atoms with van der Waals surface area (Å²) in [7, 11) is 1.25. The topological polar surface area (TPSA) is 378 Å². The highest BCUT2D eigenvalue weighted by atomic mass is 16.7. The van der Waals surface area contributed by atoms with Gasteiger partial charge in [-0.15, -0.1) is 0 Å². The van der Waals surface area contributed by atoms with Crippen LogP contribution < -0.4 is 14.8 Å². The smallest absolute Gasteiger partial charge is 0.407 e. The maximum absolute atomic E-state index is 14.0. The first-order valence-electron chi connectivity index (χ1n) is 19.7. The van der Waals surface area contributed by atoms with Crippen molar-refractivity contribution in [2.24, 2.45) is 0 Å². The number of nitrogens with zero attached hydrogens (tertiary/aromatic N) is 1. The fourth-order valence-electron chi connectivity index (χ4n) is 8.38. The fraction of sp³-hybridized carbons (Fsp3) is 0.439. The summed E-state index contributed by atoms with van der Waals surface area (Å²) < 4.78 is 33.3. The molecule has 2 saturated heterocycles. The third-order valence-electron chi connectivity index (χ3n) is 11.7. The number of non-ortho nitro benzene ring substituents is 1. The summed E-state index contributed by atoms with van der Waals surface area (Å²) in [5, 5.41) is 110. The normalized spacial score (nSPS) is 29.4. The average molecular weight is 915 g/mol. The van der Waals surface area contributed by atoms with Crippen LogP contribution >= 0.6 is 0 Å². The number of ketones is 3. The number of methoxy groups -OCH3 is 1. The van der Waals surface area contributed by atoms with Crippen molar-refractivity contribution in [2.75, 3.05) is 13.7 Å². The molecule has 2 aliphatic heterocycles. The second-order valence-corrected chi connectivity index (χ2v) is 15.7. The Hall–Kier alpha value is -6.35. The van der Waals surface area contributed by atoms with Crippen LogP contribution in [0.1, 0.15) is 74.4 Å². The van der Waals surface area contributed by atoms with Crippen LogP contribution in [0.5, 0.6) is 23.0 Å². The number of aliphatic hydroxyl groups excluding tert-OH is 5. The molecule has 2 aliphatic carbocycles. The lowest BCUT2D eigenvalue weighted by molar-refractivity contribution is -0.385. The zero-order chi connectivity index (χ0) is 47.4. The van der Waals surface area contributed by atoms with Gasteiger partial charge in [0.05, 0.1) is 47.0 Å².